The van der Waals surface area contributed by atoms with E-state index in [1.807, 2.05) is 6.92 Å². The molecule has 5 heteroatoms. The van der Waals surface area contributed by atoms with Gasteiger partial charge in [-0.15, -0.1) is 11.3 Å². The minimum absolute atomic E-state index is 0.330. The van der Waals surface area contributed by atoms with E-state index in [0.717, 1.165) is 31.6 Å². The van der Waals surface area contributed by atoms with E-state index in [4.69, 9.17) is 0 Å². The van der Waals surface area contributed by atoms with E-state index < -0.39 is 6.10 Å². The average molecular weight is 320 g/mol. The molecule has 1 saturated heterocycles. The van der Waals surface area contributed by atoms with E-state index in [1.165, 1.54) is 11.1 Å². The van der Waals surface area contributed by atoms with Crippen LogP contribution in [0.1, 0.15) is 41.1 Å². The van der Waals surface area contributed by atoms with E-state index >= 15 is 0 Å². The van der Waals surface area contributed by atoms with Gasteiger partial charge in [-0.2, -0.15) is 0 Å². The van der Waals surface area contributed by atoms with Crippen molar-refractivity contribution in [3.8, 4) is 0 Å². The first kappa shape index (κ1) is 15.6. The number of aromatic nitrogens is 1. The third-order valence-corrected chi connectivity index (χ3v) is 5.39. The number of benzene rings is 1. The van der Waals surface area contributed by atoms with E-state index in [1.54, 1.807) is 29.5 Å². The third-order valence-electron chi connectivity index (χ3n) is 4.27. The van der Waals surface area contributed by atoms with E-state index in [9.17, 15) is 9.50 Å². The highest BCUT2D eigenvalue weighted by molar-refractivity contribution is 7.09. The van der Waals surface area contributed by atoms with Crippen molar-refractivity contribution in [1.29, 1.82) is 0 Å². The molecule has 0 bridgehead atoms. The highest BCUT2D eigenvalue weighted by Crippen LogP contribution is 2.31. The highest BCUT2D eigenvalue weighted by Gasteiger charge is 2.24. The molecule has 1 aromatic heterocycles. The maximum absolute atomic E-state index is 13.7. The van der Waals surface area contributed by atoms with Crippen molar-refractivity contribution < 1.29 is 9.50 Å². The summed E-state index contributed by atoms with van der Waals surface area (Å²) in [5.41, 5.74) is 1.48. The second-order valence-electron chi connectivity index (χ2n) is 5.94. The summed E-state index contributed by atoms with van der Waals surface area (Å²) in [6.07, 6.45) is 1.34. The number of aliphatic hydroxyl groups is 1. The van der Waals surface area contributed by atoms with Crippen LogP contribution in [0.4, 0.5) is 4.39 Å². The minimum Gasteiger partial charge on any atom is -0.387 e. The molecule has 118 valence electrons. The largest absolute Gasteiger partial charge is 0.387 e. The van der Waals surface area contributed by atoms with Gasteiger partial charge in [-0.3, -0.25) is 0 Å². The molecular formula is C17H21FN2OS. The zero-order valence-electron chi connectivity index (χ0n) is 12.7. The molecule has 0 aliphatic carbocycles. The van der Waals surface area contributed by atoms with Crippen LogP contribution < -0.4 is 0 Å². The van der Waals surface area contributed by atoms with Gasteiger partial charge >= 0.3 is 0 Å². The van der Waals surface area contributed by atoms with Gasteiger partial charge in [0.2, 0.25) is 0 Å². The molecule has 1 atom stereocenters. The van der Waals surface area contributed by atoms with Gasteiger partial charge in [0.05, 0.1) is 11.1 Å². The van der Waals surface area contributed by atoms with Crippen LogP contribution in [0.25, 0.3) is 0 Å². The number of β-amino-alcohol motifs (C(OH)–C–C–N with tert-alkyl or cyclic N) is 1. The van der Waals surface area contributed by atoms with Gasteiger partial charge in [-0.1, -0.05) is 18.2 Å². The number of likely N-dealkylation sites (tertiary alicyclic amines) is 1. The zero-order chi connectivity index (χ0) is 15.5. The maximum atomic E-state index is 13.7. The van der Waals surface area contributed by atoms with Crippen molar-refractivity contribution >= 4 is 11.3 Å². The number of piperidine rings is 1. The number of nitrogens with zero attached hydrogens (tertiary/aromatic N) is 2. The predicted molar refractivity (Wildman–Crippen MR) is 86.6 cm³/mol. The summed E-state index contributed by atoms with van der Waals surface area (Å²) in [6.45, 7) is 4.37. The first-order chi connectivity index (χ1) is 10.6. The van der Waals surface area contributed by atoms with Crippen LogP contribution in [0.15, 0.2) is 29.6 Å². The molecule has 3 nitrogen and oxygen atoms in total. The molecule has 3 rings (SSSR count). The van der Waals surface area contributed by atoms with Crippen molar-refractivity contribution in [2.75, 3.05) is 19.6 Å². The fourth-order valence-electron chi connectivity index (χ4n) is 3.01. The molecule has 0 amide bonds. The Morgan fingerprint density at radius 3 is 2.73 bits per heavy atom. The second kappa shape index (κ2) is 6.86. The Balaban J connectivity index is 1.55. The number of aryl methyl sites for hydroxylation is 1. The summed E-state index contributed by atoms with van der Waals surface area (Å²) in [7, 11) is 0. The van der Waals surface area contributed by atoms with Crippen LogP contribution in [-0.2, 0) is 0 Å². The van der Waals surface area contributed by atoms with Crippen molar-refractivity contribution in [3.63, 3.8) is 0 Å². The third kappa shape index (κ3) is 3.54. The van der Waals surface area contributed by atoms with Crippen molar-refractivity contribution in [3.05, 3.63) is 51.7 Å². The van der Waals surface area contributed by atoms with Gasteiger partial charge in [0.15, 0.2) is 0 Å². The molecule has 1 aliphatic rings. The van der Waals surface area contributed by atoms with Crippen molar-refractivity contribution in [2.45, 2.75) is 31.8 Å². The number of thiazole rings is 1. The fraction of sp³-hybridized carbons (Fsp3) is 0.471. The molecule has 1 aromatic carbocycles. The number of aliphatic hydroxyl groups excluding tert-OH is 1. The summed E-state index contributed by atoms with van der Waals surface area (Å²) in [5, 5.41) is 13.6. The lowest BCUT2D eigenvalue weighted by atomic mass is 9.97. The average Bonchev–Trinajstić information content (AvgIpc) is 2.95. The van der Waals surface area contributed by atoms with Crippen molar-refractivity contribution in [2.24, 2.45) is 0 Å². The molecule has 22 heavy (non-hydrogen) atoms. The Morgan fingerprint density at radius 2 is 2.09 bits per heavy atom. The van der Waals surface area contributed by atoms with Crippen LogP contribution >= 0.6 is 11.3 Å². The van der Waals surface area contributed by atoms with Gasteiger partial charge in [0.1, 0.15) is 5.82 Å². The first-order valence-corrected chi connectivity index (χ1v) is 8.58. The standard InChI is InChI=1S/C17H21FN2OS/c1-12-11-22-17(19-12)13-6-8-20(9-7-13)10-16(21)14-4-2-3-5-15(14)18/h2-5,11,13,16,21H,6-10H2,1H3. The number of halogens is 1. The summed E-state index contributed by atoms with van der Waals surface area (Å²) in [6, 6.07) is 6.46. The lowest BCUT2D eigenvalue weighted by Crippen LogP contribution is -2.36. The molecular weight excluding hydrogens is 299 g/mol. The Kier molecular flexibility index (Phi) is 4.86. The lowest BCUT2D eigenvalue weighted by molar-refractivity contribution is 0.0947. The van der Waals surface area contributed by atoms with Gasteiger partial charge in [0.25, 0.3) is 0 Å². The smallest absolute Gasteiger partial charge is 0.129 e. The predicted octanol–water partition coefficient (Wildman–Crippen LogP) is 3.50. The summed E-state index contributed by atoms with van der Waals surface area (Å²) < 4.78 is 13.7. The Bertz CT molecular complexity index is 623. The molecule has 0 radical (unpaired) electrons. The first-order valence-electron chi connectivity index (χ1n) is 7.70. The molecule has 0 saturated carbocycles. The van der Waals surface area contributed by atoms with E-state index in [-0.39, 0.29) is 5.82 Å². The van der Waals surface area contributed by atoms with Gasteiger partial charge in [-0.25, -0.2) is 9.37 Å². The molecule has 1 N–H and O–H groups in total. The molecule has 1 unspecified atom stereocenters. The Labute approximate surface area is 134 Å². The summed E-state index contributed by atoms with van der Waals surface area (Å²) in [4.78, 5) is 6.80. The Hall–Kier alpha value is -1.30. The molecule has 1 aliphatic heterocycles. The molecule has 2 aromatic rings. The van der Waals surface area contributed by atoms with Gasteiger partial charge < -0.3 is 10.0 Å². The monoisotopic (exact) mass is 320 g/mol. The SMILES string of the molecule is Cc1csc(C2CCN(CC(O)c3ccccc3F)CC2)n1. The summed E-state index contributed by atoms with van der Waals surface area (Å²) in [5.74, 6) is 0.198. The molecule has 2 heterocycles. The number of hydrogen-bond donors (Lipinski definition) is 1. The normalized spacial score (nSPS) is 18.5. The second-order valence-corrected chi connectivity index (χ2v) is 6.83. The highest BCUT2D eigenvalue weighted by atomic mass is 32.1. The Morgan fingerprint density at radius 1 is 1.36 bits per heavy atom. The number of rotatable bonds is 4. The van der Waals surface area contributed by atoms with E-state index in [0.29, 0.717) is 18.0 Å². The quantitative estimate of drug-likeness (QED) is 0.936. The molecule has 1 fully saturated rings. The van der Waals surface area contributed by atoms with Crippen LogP contribution in [-0.4, -0.2) is 34.6 Å². The topological polar surface area (TPSA) is 36.4 Å². The van der Waals surface area contributed by atoms with Crippen LogP contribution in [0, 0.1) is 12.7 Å². The van der Waals surface area contributed by atoms with Crippen LogP contribution in [0.2, 0.25) is 0 Å². The van der Waals surface area contributed by atoms with Crippen LogP contribution in [0.5, 0.6) is 0 Å². The zero-order valence-corrected chi connectivity index (χ0v) is 13.5. The van der Waals surface area contributed by atoms with E-state index in [2.05, 4.69) is 15.3 Å². The van der Waals surface area contributed by atoms with Crippen molar-refractivity contribution in [1.82, 2.24) is 9.88 Å². The van der Waals surface area contributed by atoms with Gasteiger partial charge in [0, 0.05) is 29.1 Å². The number of hydrogen-bond acceptors (Lipinski definition) is 4. The van der Waals surface area contributed by atoms with Gasteiger partial charge in [-0.05, 0) is 38.9 Å². The van der Waals surface area contributed by atoms with Crippen LogP contribution in [0.3, 0.4) is 0 Å². The summed E-state index contributed by atoms with van der Waals surface area (Å²) >= 11 is 1.74. The molecule has 0 spiro atoms. The lowest BCUT2D eigenvalue weighted by Gasteiger charge is -2.32. The fourth-order valence-corrected chi connectivity index (χ4v) is 3.98. The maximum Gasteiger partial charge on any atom is 0.129 e. The minimum atomic E-state index is -0.764.